The maximum absolute atomic E-state index is 13.1. The third-order valence-electron chi connectivity index (χ3n) is 8.22. The number of halogens is 4. The van der Waals surface area contributed by atoms with E-state index in [0.717, 1.165) is 44.5 Å². The van der Waals surface area contributed by atoms with Crippen molar-refractivity contribution in [1.82, 2.24) is 10.2 Å². The SMILES string of the molecule is C[C@H]1CN(C2CC(C(=O)NCc3cc(CF)cc(C(F)(F)F)c3)C2)CC[C@@]12C=Cc1ccccc12. The molecule has 1 aliphatic heterocycles. The van der Waals surface area contributed by atoms with E-state index in [9.17, 15) is 22.4 Å². The normalized spacial score (nSPS) is 28.1. The molecule has 2 aromatic rings. The van der Waals surface area contributed by atoms with Crippen molar-refractivity contribution in [2.45, 2.75) is 57.0 Å². The van der Waals surface area contributed by atoms with Gasteiger partial charge < -0.3 is 5.32 Å². The summed E-state index contributed by atoms with van der Waals surface area (Å²) in [6.45, 7) is 3.26. The highest BCUT2D eigenvalue weighted by molar-refractivity contribution is 5.79. The Labute approximate surface area is 203 Å². The second kappa shape index (κ2) is 9.08. The fraction of sp³-hybridized carbons (Fsp3) is 0.464. The molecule has 7 heteroatoms. The first-order chi connectivity index (χ1) is 16.7. The first-order valence-electron chi connectivity index (χ1n) is 12.3. The number of amides is 1. The Balaban J connectivity index is 1.14. The van der Waals surface area contributed by atoms with Crippen molar-refractivity contribution in [2.75, 3.05) is 13.1 Å². The molecule has 35 heavy (non-hydrogen) atoms. The minimum atomic E-state index is -4.55. The lowest BCUT2D eigenvalue weighted by Gasteiger charge is -2.50. The van der Waals surface area contributed by atoms with Crippen LogP contribution in [-0.2, 0) is 29.6 Å². The predicted octanol–water partition coefficient (Wildman–Crippen LogP) is 5.88. The number of fused-ring (bicyclic) bond motifs is 2. The number of carbonyl (C=O) groups excluding carboxylic acids is 1. The molecule has 2 aliphatic carbocycles. The van der Waals surface area contributed by atoms with Crippen molar-refractivity contribution in [3.05, 3.63) is 76.4 Å². The third kappa shape index (κ3) is 4.51. The zero-order chi connectivity index (χ0) is 24.8. The molecule has 3 aliphatic rings. The minimum Gasteiger partial charge on any atom is -0.352 e. The van der Waals surface area contributed by atoms with Crippen LogP contribution in [0.2, 0.25) is 0 Å². The van der Waals surface area contributed by atoms with Crippen molar-refractivity contribution in [1.29, 1.82) is 0 Å². The van der Waals surface area contributed by atoms with Crippen molar-refractivity contribution in [3.63, 3.8) is 0 Å². The number of rotatable bonds is 5. The Morgan fingerprint density at radius 1 is 1.14 bits per heavy atom. The van der Waals surface area contributed by atoms with Crippen molar-refractivity contribution < 1.29 is 22.4 Å². The van der Waals surface area contributed by atoms with Crippen molar-refractivity contribution in [3.8, 4) is 0 Å². The number of likely N-dealkylation sites (tertiary alicyclic amines) is 1. The number of piperidine rings is 1. The van der Waals surface area contributed by atoms with Gasteiger partial charge in [0.1, 0.15) is 6.67 Å². The van der Waals surface area contributed by atoms with Gasteiger partial charge in [-0.2, -0.15) is 13.2 Å². The van der Waals surface area contributed by atoms with E-state index in [-0.39, 0.29) is 34.9 Å². The minimum absolute atomic E-state index is 0.0358. The van der Waals surface area contributed by atoms with Gasteiger partial charge in [-0.05, 0) is 66.1 Å². The van der Waals surface area contributed by atoms with Crippen molar-refractivity contribution >= 4 is 12.0 Å². The van der Waals surface area contributed by atoms with E-state index < -0.39 is 18.4 Å². The number of nitrogens with one attached hydrogen (secondary N) is 1. The Bertz CT molecular complexity index is 1140. The number of carbonyl (C=O) groups is 1. The lowest BCUT2D eigenvalue weighted by Crippen LogP contribution is -2.56. The average molecular weight is 487 g/mol. The highest BCUT2D eigenvalue weighted by Gasteiger charge is 2.46. The molecule has 1 heterocycles. The van der Waals surface area contributed by atoms with Crippen LogP contribution in [0.5, 0.6) is 0 Å². The predicted molar refractivity (Wildman–Crippen MR) is 127 cm³/mol. The maximum Gasteiger partial charge on any atom is 0.416 e. The van der Waals surface area contributed by atoms with Gasteiger partial charge in [-0.3, -0.25) is 9.69 Å². The van der Waals surface area contributed by atoms with Crippen LogP contribution in [-0.4, -0.2) is 29.9 Å². The zero-order valence-corrected chi connectivity index (χ0v) is 19.7. The first kappa shape index (κ1) is 24.0. The molecular weight excluding hydrogens is 456 g/mol. The molecule has 0 bridgehead atoms. The molecule has 1 spiro atoms. The molecule has 1 saturated carbocycles. The van der Waals surface area contributed by atoms with Gasteiger partial charge in [-0.15, -0.1) is 0 Å². The zero-order valence-electron chi connectivity index (χ0n) is 19.7. The molecule has 3 nitrogen and oxygen atoms in total. The van der Waals surface area contributed by atoms with E-state index in [2.05, 4.69) is 53.6 Å². The number of allylic oxidation sites excluding steroid dienone is 1. The van der Waals surface area contributed by atoms with E-state index in [1.165, 1.54) is 17.2 Å². The van der Waals surface area contributed by atoms with Crippen LogP contribution < -0.4 is 5.32 Å². The van der Waals surface area contributed by atoms with Crippen LogP contribution in [0.1, 0.15) is 54.0 Å². The molecule has 0 radical (unpaired) electrons. The quantitative estimate of drug-likeness (QED) is 0.536. The van der Waals surface area contributed by atoms with Crippen LogP contribution in [0, 0.1) is 11.8 Å². The second-order valence-electron chi connectivity index (χ2n) is 10.3. The molecule has 5 rings (SSSR count). The fourth-order valence-corrected chi connectivity index (χ4v) is 6.09. The summed E-state index contributed by atoms with van der Waals surface area (Å²) in [7, 11) is 0. The molecule has 2 atom stereocenters. The monoisotopic (exact) mass is 486 g/mol. The van der Waals surface area contributed by atoms with Gasteiger partial charge in [-0.1, -0.05) is 49.4 Å². The van der Waals surface area contributed by atoms with Crippen LogP contribution in [0.15, 0.2) is 48.5 Å². The molecular formula is C28H30F4N2O. The summed E-state index contributed by atoms with van der Waals surface area (Å²) in [6, 6.07) is 12.1. The summed E-state index contributed by atoms with van der Waals surface area (Å²) < 4.78 is 52.2. The largest absolute Gasteiger partial charge is 0.416 e. The number of nitrogens with zero attached hydrogens (tertiary/aromatic N) is 1. The third-order valence-corrected chi connectivity index (χ3v) is 8.22. The Morgan fingerprint density at radius 3 is 2.60 bits per heavy atom. The van der Waals surface area contributed by atoms with Gasteiger partial charge in [-0.25, -0.2) is 4.39 Å². The Kier molecular flexibility index (Phi) is 6.24. The summed E-state index contributed by atoms with van der Waals surface area (Å²) in [5.74, 6) is 0.189. The summed E-state index contributed by atoms with van der Waals surface area (Å²) in [6.07, 6.45) is 2.64. The molecule has 2 fully saturated rings. The van der Waals surface area contributed by atoms with Gasteiger partial charge in [0.05, 0.1) is 5.56 Å². The summed E-state index contributed by atoms with van der Waals surface area (Å²) in [5.41, 5.74) is 2.16. The van der Waals surface area contributed by atoms with E-state index in [4.69, 9.17) is 0 Å². The van der Waals surface area contributed by atoms with Crippen molar-refractivity contribution in [2.24, 2.45) is 11.8 Å². The summed E-state index contributed by atoms with van der Waals surface area (Å²) in [5, 5.41) is 2.76. The van der Waals surface area contributed by atoms with Crippen LogP contribution >= 0.6 is 0 Å². The number of benzene rings is 2. The van der Waals surface area contributed by atoms with Gasteiger partial charge in [0.15, 0.2) is 0 Å². The summed E-state index contributed by atoms with van der Waals surface area (Å²) >= 11 is 0. The maximum atomic E-state index is 13.1. The standard InChI is InChI=1S/C28H30F4N2O/c1-18-17-34(9-8-27(18)7-6-21-4-2-3-5-25(21)27)24-13-22(14-24)26(35)33-16-20-10-19(15-29)11-23(12-20)28(30,31)32/h2-7,10-12,18,22,24H,8-9,13-17H2,1H3,(H,33,35)/t18-,22?,24?,27-/m0/s1. The van der Waals surface area contributed by atoms with Gasteiger partial charge in [0.2, 0.25) is 5.91 Å². The topological polar surface area (TPSA) is 32.3 Å². The van der Waals surface area contributed by atoms with E-state index >= 15 is 0 Å². The van der Waals surface area contributed by atoms with Gasteiger partial charge in [0.25, 0.3) is 0 Å². The molecule has 1 saturated heterocycles. The molecule has 1 amide bonds. The first-order valence-corrected chi connectivity index (χ1v) is 12.3. The Hall–Kier alpha value is -2.67. The molecule has 0 aromatic heterocycles. The second-order valence-corrected chi connectivity index (χ2v) is 10.3. The molecule has 186 valence electrons. The van der Waals surface area contributed by atoms with E-state index in [0.29, 0.717) is 12.0 Å². The molecule has 2 aromatic carbocycles. The summed E-state index contributed by atoms with van der Waals surface area (Å²) in [4.78, 5) is 15.1. The lowest BCUT2D eigenvalue weighted by atomic mass is 9.67. The number of hydrogen-bond donors (Lipinski definition) is 1. The molecule has 1 N–H and O–H groups in total. The van der Waals surface area contributed by atoms with Gasteiger partial charge in [0, 0.05) is 30.5 Å². The molecule has 0 unspecified atom stereocenters. The van der Waals surface area contributed by atoms with Crippen LogP contribution in [0.25, 0.3) is 6.08 Å². The number of hydrogen-bond acceptors (Lipinski definition) is 2. The fourth-order valence-electron chi connectivity index (χ4n) is 6.09. The number of alkyl halides is 4. The van der Waals surface area contributed by atoms with Gasteiger partial charge >= 0.3 is 6.18 Å². The lowest BCUT2D eigenvalue weighted by molar-refractivity contribution is -0.137. The van der Waals surface area contributed by atoms with Crippen LogP contribution in [0.4, 0.5) is 17.6 Å². The smallest absolute Gasteiger partial charge is 0.352 e. The average Bonchev–Trinajstić information content (AvgIpc) is 3.18. The highest BCUT2D eigenvalue weighted by atomic mass is 19.4. The van der Waals surface area contributed by atoms with Crippen LogP contribution in [0.3, 0.4) is 0 Å². The highest BCUT2D eigenvalue weighted by Crippen LogP contribution is 2.48. The Morgan fingerprint density at radius 2 is 1.89 bits per heavy atom. The van der Waals surface area contributed by atoms with E-state index in [1.54, 1.807) is 0 Å². The van der Waals surface area contributed by atoms with E-state index in [1.807, 2.05) is 0 Å².